The molecule has 0 saturated heterocycles. The molecule has 278 valence electrons. The van der Waals surface area contributed by atoms with Gasteiger partial charge in [-0.25, -0.2) is 0 Å². The topological polar surface area (TPSA) is 43.4 Å². The second-order valence-electron chi connectivity index (χ2n) is 13.0. The van der Waals surface area contributed by atoms with Crippen molar-refractivity contribution in [1.82, 2.24) is 0 Å². The van der Waals surface area contributed by atoms with Gasteiger partial charge in [0.15, 0.2) is 0 Å². The van der Waals surface area contributed by atoms with Crippen LogP contribution in [-0.2, 0) is 0 Å². The lowest BCUT2D eigenvalue weighted by Crippen LogP contribution is -2.09. The minimum Gasteiger partial charge on any atom is -0.497 e. The van der Waals surface area contributed by atoms with Crippen LogP contribution in [0.3, 0.4) is 0 Å². The van der Waals surface area contributed by atoms with Gasteiger partial charge in [-0.15, -0.1) is 0 Å². The predicted molar refractivity (Wildman–Crippen MR) is 233 cm³/mol. The van der Waals surface area contributed by atoms with E-state index < -0.39 is 0 Å². The Bertz CT molecular complexity index is 2080. The van der Waals surface area contributed by atoms with Crippen LogP contribution in [0.5, 0.6) is 23.0 Å². The Morgan fingerprint density at radius 3 is 0.589 bits per heavy atom. The maximum Gasteiger partial charge on any atom is 0.119 e. The van der Waals surface area contributed by atoms with Crippen molar-refractivity contribution >= 4 is 58.4 Å². The largest absolute Gasteiger partial charge is 0.497 e. The quantitative estimate of drug-likeness (QED) is 0.104. The molecule has 0 aliphatic heterocycles. The Morgan fingerprint density at radius 1 is 0.250 bits per heavy atom. The van der Waals surface area contributed by atoms with Crippen LogP contribution in [0.25, 0.3) is 24.3 Å². The van der Waals surface area contributed by atoms with E-state index in [0.29, 0.717) is 0 Å². The summed E-state index contributed by atoms with van der Waals surface area (Å²) in [6, 6.07) is 58.0. The fraction of sp³-hybridized carbons (Fsp3) is 0.0800. The number of anilines is 6. The first-order valence-corrected chi connectivity index (χ1v) is 18.4. The van der Waals surface area contributed by atoms with Gasteiger partial charge >= 0.3 is 0 Å². The molecule has 0 saturated carbocycles. The zero-order chi connectivity index (χ0) is 38.7. The van der Waals surface area contributed by atoms with Gasteiger partial charge < -0.3 is 28.7 Å². The number of hydrogen-bond donors (Lipinski definition) is 0. The standard InChI is InChI=1S/C50H44N2O4/c1-53-47-29-21-43(22-30-47)51(44-23-31-48(54-2)32-24-44)41-17-13-39(14-18-41)11-9-37-5-7-38(8-6-37)10-12-40-15-19-42(20-16-40)52(45-25-33-49(55-3)34-26-45)46-27-35-50(56-4)36-28-46/h5-36H,1-4H3. The summed E-state index contributed by atoms with van der Waals surface area (Å²) in [6.07, 6.45) is 8.57. The summed E-state index contributed by atoms with van der Waals surface area (Å²) in [5, 5.41) is 0. The molecule has 7 rings (SSSR count). The Labute approximate surface area is 329 Å². The van der Waals surface area contributed by atoms with Crippen molar-refractivity contribution in [3.05, 3.63) is 192 Å². The minimum atomic E-state index is 0.818. The number of nitrogens with zero attached hydrogens (tertiary/aromatic N) is 2. The van der Waals surface area contributed by atoms with Gasteiger partial charge in [0.1, 0.15) is 23.0 Å². The van der Waals surface area contributed by atoms with Crippen molar-refractivity contribution < 1.29 is 18.9 Å². The number of ether oxygens (including phenoxy) is 4. The van der Waals surface area contributed by atoms with E-state index in [-0.39, 0.29) is 0 Å². The molecule has 0 aliphatic rings. The third kappa shape index (κ3) is 8.95. The van der Waals surface area contributed by atoms with Gasteiger partial charge in [0.25, 0.3) is 0 Å². The molecule has 0 aliphatic carbocycles. The Balaban J connectivity index is 1.02. The zero-order valence-corrected chi connectivity index (χ0v) is 32.0. The van der Waals surface area contributed by atoms with Gasteiger partial charge in [0, 0.05) is 34.1 Å². The highest BCUT2D eigenvalue weighted by Crippen LogP contribution is 2.38. The summed E-state index contributed by atoms with van der Waals surface area (Å²) in [5.41, 5.74) is 10.7. The number of methoxy groups -OCH3 is 4. The van der Waals surface area contributed by atoms with Crippen molar-refractivity contribution in [2.24, 2.45) is 0 Å². The van der Waals surface area contributed by atoms with Crippen LogP contribution in [0.15, 0.2) is 170 Å². The number of rotatable bonds is 14. The Kier molecular flexibility index (Phi) is 11.8. The molecule has 0 bridgehead atoms. The summed E-state index contributed by atoms with van der Waals surface area (Å²) in [4.78, 5) is 4.43. The molecule has 56 heavy (non-hydrogen) atoms. The van der Waals surface area contributed by atoms with Crippen molar-refractivity contribution in [1.29, 1.82) is 0 Å². The molecule has 0 unspecified atom stereocenters. The minimum absolute atomic E-state index is 0.818. The van der Waals surface area contributed by atoms with Gasteiger partial charge in [0.2, 0.25) is 0 Å². The highest BCUT2D eigenvalue weighted by Gasteiger charge is 2.14. The van der Waals surface area contributed by atoms with Crippen LogP contribution in [0.4, 0.5) is 34.1 Å². The van der Waals surface area contributed by atoms with E-state index in [1.807, 2.05) is 48.5 Å². The molecule has 0 spiro atoms. The Morgan fingerprint density at radius 2 is 0.411 bits per heavy atom. The van der Waals surface area contributed by atoms with E-state index >= 15 is 0 Å². The van der Waals surface area contributed by atoms with Gasteiger partial charge in [0.05, 0.1) is 28.4 Å². The summed E-state index contributed by atoms with van der Waals surface area (Å²) in [5.74, 6) is 3.27. The maximum absolute atomic E-state index is 5.40. The molecule has 6 nitrogen and oxygen atoms in total. The number of hydrogen-bond acceptors (Lipinski definition) is 6. The van der Waals surface area contributed by atoms with Gasteiger partial charge in [-0.05, 0) is 144 Å². The van der Waals surface area contributed by atoms with Crippen molar-refractivity contribution in [3.63, 3.8) is 0 Å². The zero-order valence-electron chi connectivity index (χ0n) is 32.0. The Hall–Kier alpha value is -7.18. The molecule has 0 radical (unpaired) electrons. The fourth-order valence-electron chi connectivity index (χ4n) is 6.39. The molecule has 7 aromatic carbocycles. The van der Waals surface area contributed by atoms with Crippen LogP contribution in [0.2, 0.25) is 0 Å². The summed E-state index contributed by atoms with van der Waals surface area (Å²) < 4.78 is 21.6. The monoisotopic (exact) mass is 736 g/mol. The first kappa shape index (κ1) is 37.1. The van der Waals surface area contributed by atoms with Crippen molar-refractivity contribution in [2.45, 2.75) is 0 Å². The molecule has 6 heteroatoms. The van der Waals surface area contributed by atoms with Gasteiger partial charge in [-0.1, -0.05) is 72.8 Å². The van der Waals surface area contributed by atoms with E-state index in [2.05, 4.69) is 155 Å². The lowest BCUT2D eigenvalue weighted by atomic mass is 10.1. The third-order valence-electron chi connectivity index (χ3n) is 9.50. The van der Waals surface area contributed by atoms with Crippen LogP contribution >= 0.6 is 0 Å². The molecule has 7 aromatic rings. The maximum atomic E-state index is 5.40. The average molecular weight is 737 g/mol. The SMILES string of the molecule is COc1ccc(N(c2ccc(C=Cc3ccc(C=Cc4ccc(N(c5ccc(OC)cc5)c5ccc(OC)cc5)cc4)cc3)cc2)c2ccc(OC)cc2)cc1. The third-order valence-corrected chi connectivity index (χ3v) is 9.50. The second kappa shape index (κ2) is 17.8. The van der Waals surface area contributed by atoms with Gasteiger partial charge in [-0.2, -0.15) is 0 Å². The highest BCUT2D eigenvalue weighted by atomic mass is 16.5. The first-order valence-electron chi connectivity index (χ1n) is 18.4. The molecule has 0 aromatic heterocycles. The molecule has 0 N–H and O–H groups in total. The van der Waals surface area contributed by atoms with E-state index in [0.717, 1.165) is 79.4 Å². The van der Waals surface area contributed by atoms with E-state index in [1.165, 1.54) is 0 Å². The molecule has 0 heterocycles. The molecule has 0 amide bonds. The van der Waals surface area contributed by atoms with Gasteiger partial charge in [-0.3, -0.25) is 0 Å². The van der Waals surface area contributed by atoms with Crippen LogP contribution in [-0.4, -0.2) is 28.4 Å². The first-order chi connectivity index (χ1) is 27.5. The smallest absolute Gasteiger partial charge is 0.119 e. The second-order valence-corrected chi connectivity index (χ2v) is 13.0. The highest BCUT2D eigenvalue weighted by molar-refractivity contribution is 5.80. The molecular weight excluding hydrogens is 693 g/mol. The molecule has 0 fully saturated rings. The predicted octanol–water partition coefficient (Wildman–Crippen LogP) is 13.0. The summed E-state index contributed by atoms with van der Waals surface area (Å²) in [7, 11) is 6.72. The van der Waals surface area contributed by atoms with Crippen molar-refractivity contribution in [3.8, 4) is 23.0 Å². The van der Waals surface area contributed by atoms with E-state index in [4.69, 9.17) is 18.9 Å². The van der Waals surface area contributed by atoms with E-state index in [9.17, 15) is 0 Å². The van der Waals surface area contributed by atoms with E-state index in [1.54, 1.807) is 28.4 Å². The van der Waals surface area contributed by atoms with Crippen molar-refractivity contribution in [2.75, 3.05) is 38.2 Å². The van der Waals surface area contributed by atoms with Crippen LogP contribution < -0.4 is 28.7 Å². The molecule has 0 atom stereocenters. The lowest BCUT2D eigenvalue weighted by Gasteiger charge is -2.26. The van der Waals surface area contributed by atoms with Crippen LogP contribution in [0, 0.1) is 0 Å². The fourth-order valence-corrected chi connectivity index (χ4v) is 6.39. The number of benzene rings is 7. The summed E-state index contributed by atoms with van der Waals surface area (Å²) in [6.45, 7) is 0. The summed E-state index contributed by atoms with van der Waals surface area (Å²) >= 11 is 0. The normalized spacial score (nSPS) is 11.1. The van der Waals surface area contributed by atoms with Crippen LogP contribution in [0.1, 0.15) is 22.3 Å². The molecular formula is C50H44N2O4. The average Bonchev–Trinajstić information content (AvgIpc) is 3.27. The lowest BCUT2D eigenvalue weighted by molar-refractivity contribution is 0.414.